The van der Waals surface area contributed by atoms with Crippen molar-refractivity contribution < 1.29 is 24.3 Å². The van der Waals surface area contributed by atoms with E-state index >= 15 is 0 Å². The lowest BCUT2D eigenvalue weighted by Crippen LogP contribution is -2.32. The summed E-state index contributed by atoms with van der Waals surface area (Å²) in [6.07, 6.45) is -1.10. The van der Waals surface area contributed by atoms with E-state index in [1.54, 1.807) is 13.8 Å². The van der Waals surface area contributed by atoms with Gasteiger partial charge in [0.1, 0.15) is 0 Å². The third kappa shape index (κ3) is 3.57. The van der Waals surface area contributed by atoms with Crippen molar-refractivity contribution in [1.29, 1.82) is 0 Å². The van der Waals surface area contributed by atoms with E-state index in [0.29, 0.717) is 0 Å². The van der Waals surface area contributed by atoms with Crippen LogP contribution in [0, 0.1) is 16.0 Å². The van der Waals surface area contributed by atoms with E-state index in [-0.39, 0.29) is 23.1 Å². The average Bonchev–Trinajstić information content (AvgIpc) is 2.34. The van der Waals surface area contributed by atoms with Crippen LogP contribution in [0.4, 0.5) is 5.69 Å². The van der Waals surface area contributed by atoms with Crippen molar-refractivity contribution in [3.8, 4) is 11.5 Å². The number of aliphatic carboxylic acids is 1. The molecule has 0 bridgehead atoms. The number of carbonyl (C=O) groups is 1. The van der Waals surface area contributed by atoms with Gasteiger partial charge in [0.25, 0.3) is 5.69 Å². The van der Waals surface area contributed by atoms with Crippen LogP contribution in [-0.4, -0.2) is 29.2 Å². The van der Waals surface area contributed by atoms with Crippen molar-refractivity contribution in [3.63, 3.8) is 0 Å². The van der Waals surface area contributed by atoms with E-state index in [0.717, 1.165) is 6.07 Å². The molecule has 0 saturated heterocycles. The van der Waals surface area contributed by atoms with E-state index < -0.39 is 17.0 Å². The number of carboxylic acids is 1. The van der Waals surface area contributed by atoms with Crippen LogP contribution >= 0.6 is 0 Å². The normalized spacial score (nSPS) is 12.0. The molecular weight excluding hydrogens is 254 g/mol. The van der Waals surface area contributed by atoms with Crippen LogP contribution in [0.3, 0.4) is 0 Å². The van der Waals surface area contributed by atoms with Gasteiger partial charge in [-0.25, -0.2) is 4.79 Å². The molecule has 0 heterocycles. The first-order valence-corrected chi connectivity index (χ1v) is 5.58. The summed E-state index contributed by atoms with van der Waals surface area (Å²) in [6, 6.07) is 3.78. The smallest absolute Gasteiger partial charge is 0.345 e. The topological polar surface area (TPSA) is 98.9 Å². The fourth-order valence-corrected chi connectivity index (χ4v) is 1.48. The number of ether oxygens (including phenoxy) is 2. The molecule has 0 fully saturated rings. The maximum atomic E-state index is 11.1. The Morgan fingerprint density at radius 1 is 1.37 bits per heavy atom. The molecule has 0 saturated carbocycles. The van der Waals surface area contributed by atoms with Crippen LogP contribution in [0.5, 0.6) is 11.5 Å². The summed E-state index contributed by atoms with van der Waals surface area (Å²) in [5.41, 5.74) is -0.191. The zero-order chi connectivity index (χ0) is 14.6. The third-order valence-corrected chi connectivity index (χ3v) is 2.46. The molecule has 104 valence electrons. The van der Waals surface area contributed by atoms with Gasteiger partial charge in [0.2, 0.25) is 0 Å². The Bertz CT molecular complexity index is 485. The number of carboxylic acid groups (broad SMARTS) is 1. The number of benzene rings is 1. The second-order valence-electron chi connectivity index (χ2n) is 4.21. The van der Waals surface area contributed by atoms with E-state index in [9.17, 15) is 14.9 Å². The molecule has 0 aliphatic rings. The molecular formula is C12H15NO6. The van der Waals surface area contributed by atoms with Gasteiger partial charge in [-0.2, -0.15) is 0 Å². The van der Waals surface area contributed by atoms with E-state index in [1.807, 2.05) is 0 Å². The molecule has 0 aliphatic carbocycles. The fraction of sp³-hybridized carbons (Fsp3) is 0.417. The maximum Gasteiger partial charge on any atom is 0.345 e. The number of non-ortho nitro benzene ring substituents is 1. The maximum absolute atomic E-state index is 11.1. The second kappa shape index (κ2) is 6.03. The van der Waals surface area contributed by atoms with Gasteiger partial charge in [-0.1, -0.05) is 13.8 Å². The molecule has 1 unspecified atom stereocenters. The fourth-order valence-electron chi connectivity index (χ4n) is 1.48. The van der Waals surface area contributed by atoms with Crippen molar-refractivity contribution in [2.75, 3.05) is 7.11 Å². The third-order valence-electron chi connectivity index (χ3n) is 2.46. The number of rotatable bonds is 6. The molecule has 0 spiro atoms. The SMILES string of the molecule is COc1ccc([N+](=O)[O-])cc1OC(C(=O)O)C(C)C. The Hall–Kier alpha value is -2.31. The monoisotopic (exact) mass is 269 g/mol. The summed E-state index contributed by atoms with van der Waals surface area (Å²) >= 11 is 0. The first-order valence-electron chi connectivity index (χ1n) is 5.58. The molecule has 19 heavy (non-hydrogen) atoms. The first kappa shape index (κ1) is 14.7. The number of methoxy groups -OCH3 is 1. The highest BCUT2D eigenvalue weighted by Gasteiger charge is 2.25. The van der Waals surface area contributed by atoms with Crippen molar-refractivity contribution >= 4 is 11.7 Å². The highest BCUT2D eigenvalue weighted by molar-refractivity contribution is 5.73. The molecule has 1 aromatic carbocycles. The van der Waals surface area contributed by atoms with Crippen LogP contribution in [0.15, 0.2) is 18.2 Å². The Morgan fingerprint density at radius 3 is 2.42 bits per heavy atom. The summed E-state index contributed by atoms with van der Waals surface area (Å²) < 4.78 is 10.3. The minimum absolute atomic E-state index is 0.0396. The predicted molar refractivity (Wildman–Crippen MR) is 66.5 cm³/mol. The van der Waals surface area contributed by atoms with Crippen LogP contribution in [0.25, 0.3) is 0 Å². The predicted octanol–water partition coefficient (Wildman–Crippen LogP) is 2.09. The Morgan fingerprint density at radius 2 is 2.00 bits per heavy atom. The van der Waals surface area contributed by atoms with Gasteiger partial charge in [-0.3, -0.25) is 10.1 Å². The van der Waals surface area contributed by atoms with Crippen LogP contribution < -0.4 is 9.47 Å². The standard InChI is InChI=1S/C12H15NO6/c1-7(2)11(12(14)15)19-10-6-8(13(16)17)4-5-9(10)18-3/h4-7,11H,1-3H3,(H,14,15). The summed E-state index contributed by atoms with van der Waals surface area (Å²) in [6.45, 7) is 3.37. The van der Waals surface area contributed by atoms with Gasteiger partial charge in [0.15, 0.2) is 17.6 Å². The van der Waals surface area contributed by atoms with Crippen molar-refractivity contribution in [1.82, 2.24) is 0 Å². The Labute approximate surface area is 109 Å². The molecule has 1 atom stereocenters. The van der Waals surface area contributed by atoms with Gasteiger partial charge >= 0.3 is 5.97 Å². The van der Waals surface area contributed by atoms with Crippen molar-refractivity contribution in [3.05, 3.63) is 28.3 Å². The molecule has 0 amide bonds. The zero-order valence-corrected chi connectivity index (χ0v) is 10.8. The van der Waals surface area contributed by atoms with Crippen LogP contribution in [0.1, 0.15) is 13.8 Å². The zero-order valence-electron chi connectivity index (χ0n) is 10.8. The van der Waals surface area contributed by atoms with Gasteiger partial charge in [-0.15, -0.1) is 0 Å². The molecule has 1 N–H and O–H groups in total. The summed E-state index contributed by atoms with van der Waals surface area (Å²) in [4.78, 5) is 21.2. The second-order valence-corrected chi connectivity index (χ2v) is 4.21. The lowest BCUT2D eigenvalue weighted by molar-refractivity contribution is -0.385. The van der Waals surface area contributed by atoms with E-state index in [1.165, 1.54) is 19.2 Å². The Kier molecular flexibility index (Phi) is 4.68. The first-order chi connectivity index (χ1) is 8.86. The lowest BCUT2D eigenvalue weighted by Gasteiger charge is -2.19. The molecule has 1 rings (SSSR count). The minimum atomic E-state index is -1.14. The van der Waals surface area contributed by atoms with Gasteiger partial charge < -0.3 is 14.6 Å². The molecule has 0 aromatic heterocycles. The van der Waals surface area contributed by atoms with Gasteiger partial charge in [0.05, 0.1) is 18.1 Å². The molecule has 1 aromatic rings. The van der Waals surface area contributed by atoms with Crippen molar-refractivity contribution in [2.45, 2.75) is 20.0 Å². The molecule has 0 aliphatic heterocycles. The highest BCUT2D eigenvalue weighted by Crippen LogP contribution is 2.32. The number of nitro benzene ring substituents is 1. The molecule has 7 nitrogen and oxygen atoms in total. The molecule has 0 radical (unpaired) electrons. The summed E-state index contributed by atoms with van der Waals surface area (Å²) in [5.74, 6) is -1.14. The Balaban J connectivity index is 3.12. The van der Waals surface area contributed by atoms with Crippen molar-refractivity contribution in [2.24, 2.45) is 5.92 Å². The van der Waals surface area contributed by atoms with Gasteiger partial charge in [-0.05, 0) is 6.07 Å². The number of hydrogen-bond donors (Lipinski definition) is 1. The highest BCUT2D eigenvalue weighted by atomic mass is 16.6. The number of nitrogens with zero attached hydrogens (tertiary/aromatic N) is 1. The van der Waals surface area contributed by atoms with Gasteiger partial charge in [0, 0.05) is 12.0 Å². The van der Waals surface area contributed by atoms with E-state index in [2.05, 4.69) is 0 Å². The minimum Gasteiger partial charge on any atom is -0.493 e. The quantitative estimate of drug-likeness (QED) is 0.627. The van der Waals surface area contributed by atoms with E-state index in [4.69, 9.17) is 14.6 Å². The van der Waals surface area contributed by atoms with Crippen LogP contribution in [0.2, 0.25) is 0 Å². The lowest BCUT2D eigenvalue weighted by atomic mass is 10.1. The summed E-state index contributed by atoms with van der Waals surface area (Å²) in [5, 5.41) is 19.7. The summed E-state index contributed by atoms with van der Waals surface area (Å²) in [7, 11) is 1.37. The number of nitro groups is 1. The van der Waals surface area contributed by atoms with Crippen LogP contribution in [-0.2, 0) is 4.79 Å². The number of hydrogen-bond acceptors (Lipinski definition) is 5. The largest absolute Gasteiger partial charge is 0.493 e. The average molecular weight is 269 g/mol. The molecule has 7 heteroatoms.